The van der Waals surface area contributed by atoms with Crippen molar-refractivity contribution in [3.8, 4) is 0 Å². The fourth-order valence-electron chi connectivity index (χ4n) is 2.29. The van der Waals surface area contributed by atoms with Crippen molar-refractivity contribution in [3.05, 3.63) is 10.6 Å². The molecule has 0 bridgehead atoms. The molecule has 0 saturated heterocycles. The predicted octanol–water partition coefficient (Wildman–Crippen LogP) is 2.27. The van der Waals surface area contributed by atoms with Crippen LogP contribution < -0.4 is 10.6 Å². The molecule has 0 unspecified atom stereocenters. The molecular formula is C14H21N3O2S. The maximum Gasteiger partial charge on any atom is 0.227 e. The van der Waals surface area contributed by atoms with Gasteiger partial charge >= 0.3 is 0 Å². The fourth-order valence-corrected chi connectivity index (χ4v) is 3.36. The lowest BCUT2D eigenvalue weighted by atomic mass is 10.0. The number of nitrogens with zero attached hydrogens (tertiary/aromatic N) is 1. The summed E-state index contributed by atoms with van der Waals surface area (Å²) in [4.78, 5) is 28.3. The second-order valence-electron chi connectivity index (χ2n) is 5.08. The van der Waals surface area contributed by atoms with Crippen LogP contribution in [0.25, 0.3) is 0 Å². The molecule has 0 saturated carbocycles. The minimum atomic E-state index is -0.116. The number of carbonyl (C=O) groups excluding carboxylic acids is 2. The van der Waals surface area contributed by atoms with Crippen LogP contribution in [0.1, 0.15) is 49.6 Å². The van der Waals surface area contributed by atoms with E-state index in [1.807, 2.05) is 0 Å². The Morgan fingerprint density at radius 3 is 2.70 bits per heavy atom. The first-order valence-electron chi connectivity index (χ1n) is 7.18. The van der Waals surface area contributed by atoms with Crippen molar-refractivity contribution in [2.75, 3.05) is 11.9 Å². The number of thiazole rings is 1. The topological polar surface area (TPSA) is 71.1 Å². The molecule has 2 rings (SSSR count). The Balaban J connectivity index is 1.87. The van der Waals surface area contributed by atoms with Gasteiger partial charge in [0.2, 0.25) is 11.8 Å². The zero-order valence-electron chi connectivity index (χ0n) is 11.8. The van der Waals surface area contributed by atoms with E-state index in [1.165, 1.54) is 37.5 Å². The summed E-state index contributed by atoms with van der Waals surface area (Å²) in [7, 11) is 0. The third-order valence-electron chi connectivity index (χ3n) is 3.32. The van der Waals surface area contributed by atoms with Gasteiger partial charge in [-0.3, -0.25) is 9.59 Å². The van der Waals surface area contributed by atoms with Crippen LogP contribution in [-0.4, -0.2) is 23.3 Å². The molecule has 1 aliphatic carbocycles. The molecule has 6 heteroatoms. The number of carbonyl (C=O) groups is 2. The van der Waals surface area contributed by atoms with Gasteiger partial charge in [-0.15, -0.1) is 11.3 Å². The normalized spacial score (nSPS) is 14.8. The third-order valence-corrected chi connectivity index (χ3v) is 4.39. The highest BCUT2D eigenvalue weighted by Crippen LogP contribution is 2.28. The monoisotopic (exact) mass is 295 g/mol. The van der Waals surface area contributed by atoms with Crippen LogP contribution in [0.2, 0.25) is 0 Å². The van der Waals surface area contributed by atoms with Crippen molar-refractivity contribution in [2.45, 2.75) is 51.9 Å². The Bertz CT molecular complexity index is 459. The molecule has 20 heavy (non-hydrogen) atoms. The van der Waals surface area contributed by atoms with E-state index in [-0.39, 0.29) is 18.2 Å². The first kappa shape index (κ1) is 15.0. The summed E-state index contributed by atoms with van der Waals surface area (Å²) in [5, 5.41) is 6.14. The van der Waals surface area contributed by atoms with Crippen LogP contribution in [0.3, 0.4) is 0 Å². The molecule has 0 atom stereocenters. The summed E-state index contributed by atoms with van der Waals surface area (Å²) < 4.78 is 0. The van der Waals surface area contributed by atoms with Gasteiger partial charge in [0, 0.05) is 24.8 Å². The standard InChI is InChI=1S/C14H21N3O2S/c1-10(18)15-9-8-13(19)17-14-16-11-6-4-2-3-5-7-12(11)20-14/h2-9H2,1H3,(H,15,18)(H,16,17,19). The van der Waals surface area contributed by atoms with E-state index < -0.39 is 0 Å². The molecule has 5 nitrogen and oxygen atoms in total. The summed E-state index contributed by atoms with van der Waals surface area (Å²) in [5.41, 5.74) is 1.16. The number of hydrogen-bond acceptors (Lipinski definition) is 4. The van der Waals surface area contributed by atoms with Crippen molar-refractivity contribution in [1.82, 2.24) is 10.3 Å². The van der Waals surface area contributed by atoms with E-state index in [0.29, 0.717) is 11.7 Å². The third kappa shape index (κ3) is 4.59. The van der Waals surface area contributed by atoms with Gasteiger partial charge in [-0.25, -0.2) is 4.98 Å². The first-order valence-corrected chi connectivity index (χ1v) is 7.99. The van der Waals surface area contributed by atoms with E-state index in [0.717, 1.165) is 18.5 Å². The Morgan fingerprint density at radius 1 is 1.20 bits per heavy atom. The van der Waals surface area contributed by atoms with E-state index in [4.69, 9.17) is 0 Å². The summed E-state index contributed by atoms with van der Waals surface area (Å²) in [6.07, 6.45) is 7.34. The van der Waals surface area contributed by atoms with E-state index in [2.05, 4.69) is 15.6 Å². The molecule has 0 fully saturated rings. The molecule has 0 aromatic carbocycles. The number of anilines is 1. The minimum absolute atomic E-state index is 0.0968. The lowest BCUT2D eigenvalue weighted by molar-refractivity contribution is -0.119. The maximum absolute atomic E-state index is 11.7. The Kier molecular flexibility index (Phi) is 5.52. The van der Waals surface area contributed by atoms with Crippen molar-refractivity contribution < 1.29 is 9.59 Å². The van der Waals surface area contributed by atoms with Crippen LogP contribution in [0, 0.1) is 0 Å². The van der Waals surface area contributed by atoms with Crippen molar-refractivity contribution >= 4 is 28.3 Å². The second-order valence-corrected chi connectivity index (χ2v) is 6.17. The van der Waals surface area contributed by atoms with Crippen LogP contribution in [0.15, 0.2) is 0 Å². The zero-order chi connectivity index (χ0) is 14.4. The van der Waals surface area contributed by atoms with E-state index in [9.17, 15) is 9.59 Å². The summed E-state index contributed by atoms with van der Waals surface area (Å²) in [6.45, 7) is 1.81. The van der Waals surface area contributed by atoms with Gasteiger partial charge in [-0.05, 0) is 25.7 Å². The summed E-state index contributed by atoms with van der Waals surface area (Å²) >= 11 is 1.60. The van der Waals surface area contributed by atoms with E-state index in [1.54, 1.807) is 11.3 Å². The van der Waals surface area contributed by atoms with Crippen LogP contribution >= 0.6 is 11.3 Å². The van der Waals surface area contributed by atoms with Crippen molar-refractivity contribution in [3.63, 3.8) is 0 Å². The van der Waals surface area contributed by atoms with Gasteiger partial charge in [-0.2, -0.15) is 0 Å². The Hall–Kier alpha value is -1.43. The highest BCUT2D eigenvalue weighted by molar-refractivity contribution is 7.15. The molecule has 2 N–H and O–H groups in total. The molecule has 1 heterocycles. The van der Waals surface area contributed by atoms with Gasteiger partial charge in [0.25, 0.3) is 0 Å². The first-order chi connectivity index (χ1) is 9.65. The Labute approximate surface area is 123 Å². The second kappa shape index (κ2) is 7.38. The molecule has 1 aromatic heterocycles. The SMILES string of the molecule is CC(=O)NCCC(=O)Nc1nc2c(s1)CCCCCC2. The number of aryl methyl sites for hydroxylation is 2. The number of nitrogens with one attached hydrogen (secondary N) is 2. The van der Waals surface area contributed by atoms with Crippen LogP contribution in [-0.2, 0) is 22.4 Å². The molecule has 0 aliphatic heterocycles. The molecule has 2 amide bonds. The van der Waals surface area contributed by atoms with Crippen LogP contribution in [0.4, 0.5) is 5.13 Å². The number of fused-ring (bicyclic) bond motifs is 1. The van der Waals surface area contributed by atoms with Crippen molar-refractivity contribution in [1.29, 1.82) is 0 Å². The number of rotatable bonds is 4. The molecule has 1 aromatic rings. The number of hydrogen-bond donors (Lipinski definition) is 2. The highest BCUT2D eigenvalue weighted by Gasteiger charge is 2.14. The van der Waals surface area contributed by atoms with Gasteiger partial charge in [0.05, 0.1) is 5.69 Å². The van der Waals surface area contributed by atoms with Gasteiger partial charge in [0.15, 0.2) is 5.13 Å². The molecule has 110 valence electrons. The number of amides is 2. The Morgan fingerprint density at radius 2 is 1.95 bits per heavy atom. The quantitative estimate of drug-likeness (QED) is 0.895. The summed E-state index contributed by atoms with van der Waals surface area (Å²) in [6, 6.07) is 0. The molecular weight excluding hydrogens is 274 g/mol. The highest BCUT2D eigenvalue weighted by atomic mass is 32.1. The van der Waals surface area contributed by atoms with Crippen LogP contribution in [0.5, 0.6) is 0 Å². The van der Waals surface area contributed by atoms with Gasteiger partial charge in [-0.1, -0.05) is 12.8 Å². The molecule has 0 radical (unpaired) electrons. The smallest absolute Gasteiger partial charge is 0.227 e. The number of aromatic nitrogens is 1. The molecule has 1 aliphatic rings. The average Bonchev–Trinajstić information content (AvgIpc) is 2.70. The maximum atomic E-state index is 11.7. The summed E-state index contributed by atoms with van der Waals surface area (Å²) in [5.74, 6) is -0.213. The largest absolute Gasteiger partial charge is 0.356 e. The molecule has 0 spiro atoms. The predicted molar refractivity (Wildman–Crippen MR) is 79.9 cm³/mol. The van der Waals surface area contributed by atoms with E-state index >= 15 is 0 Å². The zero-order valence-corrected chi connectivity index (χ0v) is 12.6. The lowest BCUT2D eigenvalue weighted by Gasteiger charge is -2.06. The van der Waals surface area contributed by atoms with Gasteiger partial charge < -0.3 is 10.6 Å². The fraction of sp³-hybridized carbons (Fsp3) is 0.643. The average molecular weight is 295 g/mol. The van der Waals surface area contributed by atoms with Gasteiger partial charge in [0.1, 0.15) is 0 Å². The minimum Gasteiger partial charge on any atom is -0.356 e. The lowest BCUT2D eigenvalue weighted by Crippen LogP contribution is -2.25. The van der Waals surface area contributed by atoms with Crippen molar-refractivity contribution in [2.24, 2.45) is 0 Å².